The Morgan fingerprint density at radius 2 is 0.646 bits per heavy atom. The summed E-state index contributed by atoms with van der Waals surface area (Å²) in [6.45, 7) is 28.6. The van der Waals surface area contributed by atoms with Crippen LogP contribution in [0.15, 0.2) is 41.8 Å². The lowest BCUT2D eigenvalue weighted by Gasteiger charge is -2.38. The summed E-state index contributed by atoms with van der Waals surface area (Å²) in [5.41, 5.74) is 14.9. The highest BCUT2D eigenvalue weighted by Gasteiger charge is 2.42. The zero-order valence-corrected chi connectivity index (χ0v) is 59.3. The second kappa shape index (κ2) is 36.9. The van der Waals surface area contributed by atoms with Crippen LogP contribution in [-0.4, -0.2) is 8.07 Å². The van der Waals surface area contributed by atoms with E-state index >= 15 is 0 Å². The van der Waals surface area contributed by atoms with Crippen LogP contribution in [0.25, 0.3) is 29.3 Å². The summed E-state index contributed by atoms with van der Waals surface area (Å²) in [6, 6.07) is 15.0. The topological polar surface area (TPSA) is 0 Å². The minimum atomic E-state index is -1.88. The maximum absolute atomic E-state index is 4.14. The van der Waals surface area contributed by atoms with E-state index in [2.05, 4.69) is 160 Å². The normalized spacial score (nSPS) is 11.7. The molecule has 0 spiro atoms. The summed E-state index contributed by atoms with van der Waals surface area (Å²) < 4.78 is 0. The van der Waals surface area contributed by atoms with Crippen LogP contribution in [0.2, 0.25) is 16.6 Å². The second-order valence-electron chi connectivity index (χ2n) is 24.6. The summed E-state index contributed by atoms with van der Waals surface area (Å²) >= 11 is 11.7. The van der Waals surface area contributed by atoms with E-state index in [9.17, 15) is 0 Å². The minimum Gasteiger partial charge on any atom is -0.143 e. The number of thiophene rings is 6. The van der Waals surface area contributed by atoms with Crippen LogP contribution in [0.1, 0.15) is 295 Å². The van der Waals surface area contributed by atoms with Crippen LogP contribution in [0, 0.1) is 35.1 Å². The molecule has 6 heterocycles. The van der Waals surface area contributed by atoms with Gasteiger partial charge in [-0.15, -0.1) is 73.6 Å². The monoisotopic (exact) mass is 1230 g/mol. The molecule has 0 aliphatic heterocycles. The van der Waals surface area contributed by atoms with E-state index in [-0.39, 0.29) is 0 Å². The first-order valence-electron chi connectivity index (χ1n) is 33.2. The van der Waals surface area contributed by atoms with Gasteiger partial charge in [-0.1, -0.05) is 205 Å². The molecule has 0 radical (unpaired) electrons. The van der Waals surface area contributed by atoms with Crippen LogP contribution in [-0.2, 0) is 38.5 Å². The lowest BCUT2D eigenvalue weighted by atomic mass is 10.0. The van der Waals surface area contributed by atoms with E-state index in [0.29, 0.717) is 16.6 Å². The molecule has 0 fully saturated rings. The third-order valence-corrected chi connectivity index (χ3v) is 30.4. The molecule has 0 aliphatic rings. The zero-order chi connectivity index (χ0) is 58.7. The van der Waals surface area contributed by atoms with Gasteiger partial charge in [0, 0.05) is 29.3 Å². The fourth-order valence-corrected chi connectivity index (χ4v) is 24.3. The molecule has 0 unspecified atom stereocenters. The molecule has 0 nitrogen and oxygen atoms in total. The summed E-state index contributed by atoms with van der Waals surface area (Å²) in [6.07, 6.45) is 37.3. The molecule has 0 bridgehead atoms. The fraction of sp³-hybridized carbons (Fsp3) is 0.600. The van der Waals surface area contributed by atoms with Crippen molar-refractivity contribution in [2.45, 2.75) is 292 Å². The lowest BCUT2D eigenvalue weighted by molar-refractivity contribution is 0.667. The van der Waals surface area contributed by atoms with Crippen molar-refractivity contribution in [3.8, 4) is 64.4 Å². The van der Waals surface area contributed by atoms with E-state index in [1.807, 2.05) is 68.0 Å². The van der Waals surface area contributed by atoms with Crippen molar-refractivity contribution < 1.29 is 0 Å². The Bertz CT molecular complexity index is 2960. The molecule has 446 valence electrons. The quantitative estimate of drug-likeness (QED) is 0.0209. The van der Waals surface area contributed by atoms with Crippen molar-refractivity contribution >= 4 is 76.1 Å². The van der Waals surface area contributed by atoms with E-state index in [1.165, 1.54) is 248 Å². The maximum Gasteiger partial charge on any atom is 0.146 e. The average Bonchev–Trinajstić information content (AvgIpc) is 4.44. The van der Waals surface area contributed by atoms with Gasteiger partial charge in [0.1, 0.15) is 8.07 Å². The predicted molar refractivity (Wildman–Crippen MR) is 380 cm³/mol. The number of unbranched alkanes of at least 4 members (excludes halogenated alkanes) is 18. The molecule has 6 aromatic heterocycles. The Kier molecular flexibility index (Phi) is 30.7. The lowest BCUT2D eigenvalue weighted by Crippen LogP contribution is -2.43. The molecule has 0 atom stereocenters. The van der Waals surface area contributed by atoms with Gasteiger partial charge in [0.05, 0.1) is 24.4 Å². The van der Waals surface area contributed by atoms with Crippen LogP contribution in [0.5, 0.6) is 0 Å². The van der Waals surface area contributed by atoms with Crippen molar-refractivity contribution in [3.05, 3.63) is 99.5 Å². The molecule has 82 heavy (non-hydrogen) atoms. The predicted octanol–water partition coefficient (Wildman–Crippen LogP) is 26.2. The van der Waals surface area contributed by atoms with Crippen molar-refractivity contribution in [3.63, 3.8) is 0 Å². The Balaban J connectivity index is 1.40. The highest BCUT2D eigenvalue weighted by molar-refractivity contribution is 7.24. The first-order chi connectivity index (χ1) is 39.9. The molecule has 0 aromatic carbocycles. The second-order valence-corrected chi connectivity index (χ2v) is 36.4. The van der Waals surface area contributed by atoms with Crippen LogP contribution >= 0.6 is 68.0 Å². The largest absolute Gasteiger partial charge is 0.146 e. The summed E-state index contributed by atoms with van der Waals surface area (Å²) in [4.78, 5) is 14.8. The molecular weight excluding hydrogens is 1120 g/mol. The fourth-order valence-electron chi connectivity index (χ4n) is 12.3. The van der Waals surface area contributed by atoms with Gasteiger partial charge in [-0.25, -0.2) is 0 Å². The molecule has 0 aliphatic carbocycles. The first kappa shape index (κ1) is 68.2. The Hall–Kier alpha value is -2.90. The van der Waals surface area contributed by atoms with Gasteiger partial charge in [0.15, 0.2) is 0 Å². The SMILES string of the molecule is CCCCCCc1cc(-c2sccc2CCCCCC)sc1C#Cc1cc(CCCCCC)c(-c2cc(CCCCCC)c(C#Cc3cc(CCCCCC)c(-c4cc(CCCCCC)c(C#C[Si](C(C)C)(C(C)C)C(C)C)s4)s3)s2)s1. The van der Waals surface area contributed by atoms with Crippen molar-refractivity contribution in [1.29, 1.82) is 0 Å². The number of hydrogen-bond donors (Lipinski definition) is 0. The molecule has 0 saturated heterocycles. The summed E-state index contributed by atoms with van der Waals surface area (Å²) in [5.74, 6) is 19.4. The van der Waals surface area contributed by atoms with Crippen LogP contribution in [0.4, 0.5) is 0 Å². The number of aryl methyl sites for hydroxylation is 6. The maximum atomic E-state index is 4.14. The van der Waals surface area contributed by atoms with E-state index in [4.69, 9.17) is 0 Å². The van der Waals surface area contributed by atoms with Gasteiger partial charge in [-0.2, -0.15) is 0 Å². The van der Waals surface area contributed by atoms with Crippen molar-refractivity contribution in [2.75, 3.05) is 0 Å². The van der Waals surface area contributed by atoms with Crippen molar-refractivity contribution in [2.24, 2.45) is 0 Å². The number of rotatable bonds is 36. The Morgan fingerprint density at radius 3 is 0.988 bits per heavy atom. The minimum absolute atomic E-state index is 0.621. The van der Waals surface area contributed by atoms with Gasteiger partial charge in [0.2, 0.25) is 0 Å². The van der Waals surface area contributed by atoms with Crippen LogP contribution < -0.4 is 0 Å². The van der Waals surface area contributed by atoms with E-state index < -0.39 is 8.07 Å². The van der Waals surface area contributed by atoms with Crippen LogP contribution in [0.3, 0.4) is 0 Å². The highest BCUT2D eigenvalue weighted by atomic mass is 32.1. The molecule has 6 rings (SSSR count). The van der Waals surface area contributed by atoms with Gasteiger partial charge in [-0.3, -0.25) is 0 Å². The van der Waals surface area contributed by atoms with Crippen molar-refractivity contribution in [1.82, 2.24) is 0 Å². The van der Waals surface area contributed by atoms with Gasteiger partial charge in [-0.05, 0) is 193 Å². The van der Waals surface area contributed by atoms with Gasteiger partial charge < -0.3 is 0 Å². The Labute approximate surface area is 528 Å². The molecular formula is C75H106S6Si. The third-order valence-electron chi connectivity index (χ3n) is 17.1. The Morgan fingerprint density at radius 1 is 0.329 bits per heavy atom. The van der Waals surface area contributed by atoms with E-state index in [0.717, 1.165) is 32.1 Å². The molecule has 0 saturated carbocycles. The zero-order valence-electron chi connectivity index (χ0n) is 53.4. The number of hydrogen-bond acceptors (Lipinski definition) is 6. The smallest absolute Gasteiger partial charge is 0.143 e. The molecule has 0 N–H and O–H groups in total. The van der Waals surface area contributed by atoms with Gasteiger partial charge in [0.25, 0.3) is 0 Å². The molecule has 7 heteroatoms. The molecule has 0 amide bonds. The summed E-state index contributed by atoms with van der Waals surface area (Å²) in [5, 5.41) is 2.31. The average molecular weight is 1230 g/mol. The van der Waals surface area contributed by atoms with Gasteiger partial charge >= 0.3 is 0 Å². The van der Waals surface area contributed by atoms with E-state index in [1.54, 1.807) is 0 Å². The highest BCUT2D eigenvalue weighted by Crippen LogP contribution is 2.45. The standard InChI is InChI=1S/C75H106S6Si/c1-13-19-25-31-37-59-47-49-76-73(59)70-53-60(38-32-26-20-14-2)67(79-70)45-43-65-51-63(41-35-29-23-17-5)74(77-65)71-54-61(39-33-27-21-15-3)68(80-71)46-44-66-52-64(42-36-30-24-18-6)75(78-66)72-55-62(40-34-28-22-16-4)69(81-72)48-50-82(56(7)8,57(9)10)58(11)12/h47,49,51-58H,13-42H2,1-12H3. The molecule has 6 aromatic rings. The first-order valence-corrected chi connectivity index (χ1v) is 40.4. The third kappa shape index (κ3) is 20.1. The summed E-state index contributed by atoms with van der Waals surface area (Å²) in [7, 11) is -1.88.